The van der Waals surface area contributed by atoms with Crippen LogP contribution in [-0.2, 0) is 10.0 Å². The average Bonchev–Trinajstić information content (AvgIpc) is 2.87. The van der Waals surface area contributed by atoms with E-state index >= 15 is 0 Å². The molecule has 0 amide bonds. The van der Waals surface area contributed by atoms with Gasteiger partial charge in [0.2, 0.25) is 10.0 Å². The van der Waals surface area contributed by atoms with Crippen LogP contribution in [0.1, 0.15) is 40.7 Å². The van der Waals surface area contributed by atoms with Gasteiger partial charge in [0.1, 0.15) is 4.88 Å². The number of hydrogen-bond acceptors (Lipinski definition) is 4. The molecule has 1 saturated carbocycles. The fraction of sp³-hybridized carbons (Fsp3) is 0.583. The summed E-state index contributed by atoms with van der Waals surface area (Å²) in [7, 11) is -3.59. The number of aromatic carboxylic acids is 1. The fourth-order valence-corrected chi connectivity index (χ4v) is 4.93. The summed E-state index contributed by atoms with van der Waals surface area (Å²) in [5, 5.41) is 8.89. The van der Waals surface area contributed by atoms with E-state index in [1.54, 1.807) is 6.92 Å². The van der Waals surface area contributed by atoms with E-state index < -0.39 is 16.0 Å². The number of hydrogen-bond donors (Lipinski definition) is 2. The molecule has 2 atom stereocenters. The summed E-state index contributed by atoms with van der Waals surface area (Å²) in [6.45, 7) is 3.70. The van der Waals surface area contributed by atoms with Crippen LogP contribution in [0.4, 0.5) is 0 Å². The molecule has 7 heteroatoms. The molecule has 2 rings (SSSR count). The van der Waals surface area contributed by atoms with Crippen molar-refractivity contribution in [3.05, 3.63) is 15.8 Å². The van der Waals surface area contributed by atoms with E-state index in [2.05, 4.69) is 11.6 Å². The Balaban J connectivity index is 2.14. The van der Waals surface area contributed by atoms with Gasteiger partial charge in [-0.15, -0.1) is 11.3 Å². The number of thiophene rings is 1. The molecule has 2 unspecified atom stereocenters. The molecule has 1 aliphatic rings. The van der Waals surface area contributed by atoms with Crippen LogP contribution in [0.5, 0.6) is 0 Å². The molecule has 1 aromatic rings. The summed E-state index contributed by atoms with van der Waals surface area (Å²) in [5.74, 6) is -0.664. The Morgan fingerprint density at radius 1 is 1.58 bits per heavy atom. The smallest absolute Gasteiger partial charge is 0.345 e. The Bertz CT molecular complexity index is 591. The molecule has 1 heterocycles. The standard InChI is InChI=1S/C12H17NO4S2/c1-3-4-8-5-9(8)13-19(16,17)11-6-10(12(14)15)18-7(11)2/h6,8-9,13H,3-5H2,1-2H3,(H,14,15). The number of carboxylic acids is 1. The molecule has 1 aromatic heterocycles. The second kappa shape index (κ2) is 5.22. The van der Waals surface area contributed by atoms with Crippen LogP contribution in [0.2, 0.25) is 0 Å². The first-order valence-electron chi connectivity index (χ1n) is 6.21. The number of carboxylic acid groups (broad SMARTS) is 1. The molecule has 0 radical (unpaired) electrons. The lowest BCUT2D eigenvalue weighted by Crippen LogP contribution is -2.27. The molecular formula is C12H17NO4S2. The molecule has 19 heavy (non-hydrogen) atoms. The molecule has 1 fully saturated rings. The van der Waals surface area contributed by atoms with Gasteiger partial charge in [-0.1, -0.05) is 13.3 Å². The Kier molecular flexibility index (Phi) is 3.98. The Labute approximate surface area is 116 Å². The summed E-state index contributed by atoms with van der Waals surface area (Å²) >= 11 is 0.989. The second-order valence-corrected chi connectivity index (χ2v) is 7.79. The molecular weight excluding hydrogens is 286 g/mol. The van der Waals surface area contributed by atoms with Crippen molar-refractivity contribution < 1.29 is 18.3 Å². The van der Waals surface area contributed by atoms with Gasteiger partial charge in [-0.3, -0.25) is 0 Å². The van der Waals surface area contributed by atoms with Crippen LogP contribution < -0.4 is 4.72 Å². The van der Waals surface area contributed by atoms with Crippen molar-refractivity contribution in [1.29, 1.82) is 0 Å². The molecule has 0 bridgehead atoms. The zero-order valence-corrected chi connectivity index (χ0v) is 12.5. The minimum absolute atomic E-state index is 0.0116. The van der Waals surface area contributed by atoms with Gasteiger partial charge < -0.3 is 5.11 Å². The highest BCUT2D eigenvalue weighted by atomic mass is 32.2. The van der Waals surface area contributed by atoms with E-state index in [-0.39, 0.29) is 15.8 Å². The van der Waals surface area contributed by atoms with Crippen molar-refractivity contribution in [2.24, 2.45) is 5.92 Å². The SMILES string of the molecule is CCCC1CC1NS(=O)(=O)c1cc(C(=O)O)sc1C. The molecule has 1 aliphatic carbocycles. The topological polar surface area (TPSA) is 83.5 Å². The van der Waals surface area contributed by atoms with Gasteiger partial charge in [-0.05, 0) is 31.7 Å². The Hall–Kier alpha value is -0.920. The lowest BCUT2D eigenvalue weighted by Gasteiger charge is -2.05. The minimum atomic E-state index is -3.59. The first kappa shape index (κ1) is 14.5. The molecule has 0 aromatic carbocycles. The van der Waals surface area contributed by atoms with E-state index in [0.717, 1.165) is 30.6 Å². The van der Waals surface area contributed by atoms with E-state index in [1.807, 2.05) is 0 Å². The zero-order valence-electron chi connectivity index (χ0n) is 10.8. The van der Waals surface area contributed by atoms with E-state index in [1.165, 1.54) is 6.07 Å². The molecule has 0 aliphatic heterocycles. The first-order valence-corrected chi connectivity index (χ1v) is 8.51. The van der Waals surface area contributed by atoms with Crippen LogP contribution in [0.3, 0.4) is 0 Å². The largest absolute Gasteiger partial charge is 0.477 e. The molecule has 0 saturated heterocycles. The average molecular weight is 303 g/mol. The summed E-state index contributed by atoms with van der Waals surface area (Å²) in [4.78, 5) is 11.5. The van der Waals surface area contributed by atoms with E-state index in [0.29, 0.717) is 10.8 Å². The number of carbonyl (C=O) groups is 1. The lowest BCUT2D eigenvalue weighted by molar-refractivity contribution is 0.0702. The van der Waals surface area contributed by atoms with Crippen LogP contribution >= 0.6 is 11.3 Å². The summed E-state index contributed by atoms with van der Waals surface area (Å²) in [5.41, 5.74) is 0. The van der Waals surface area contributed by atoms with Crippen LogP contribution in [0.15, 0.2) is 11.0 Å². The number of aryl methyl sites for hydroxylation is 1. The quantitative estimate of drug-likeness (QED) is 0.844. The fourth-order valence-electron chi connectivity index (χ4n) is 2.18. The summed E-state index contributed by atoms with van der Waals surface area (Å²) < 4.78 is 27.0. The summed E-state index contributed by atoms with van der Waals surface area (Å²) in [6, 6.07) is 1.25. The van der Waals surface area contributed by atoms with Gasteiger partial charge in [-0.25, -0.2) is 17.9 Å². The normalized spacial score (nSPS) is 22.4. The van der Waals surface area contributed by atoms with Crippen molar-refractivity contribution in [2.45, 2.75) is 44.0 Å². The molecule has 5 nitrogen and oxygen atoms in total. The third-order valence-corrected chi connectivity index (χ3v) is 6.04. The van der Waals surface area contributed by atoms with Crippen molar-refractivity contribution in [3.8, 4) is 0 Å². The van der Waals surface area contributed by atoms with Crippen LogP contribution in [-0.4, -0.2) is 25.5 Å². The maximum atomic E-state index is 12.2. The Morgan fingerprint density at radius 2 is 2.26 bits per heavy atom. The summed E-state index contributed by atoms with van der Waals surface area (Å²) in [6.07, 6.45) is 2.95. The monoisotopic (exact) mass is 303 g/mol. The number of sulfonamides is 1. The molecule has 0 spiro atoms. The van der Waals surface area contributed by atoms with Crippen molar-refractivity contribution in [2.75, 3.05) is 0 Å². The van der Waals surface area contributed by atoms with Crippen LogP contribution in [0, 0.1) is 12.8 Å². The predicted octanol–water partition coefficient (Wildman–Crippen LogP) is 2.22. The highest BCUT2D eigenvalue weighted by Crippen LogP contribution is 2.36. The number of nitrogens with one attached hydrogen (secondary N) is 1. The maximum absolute atomic E-state index is 12.2. The van der Waals surface area contributed by atoms with Crippen molar-refractivity contribution in [1.82, 2.24) is 4.72 Å². The third-order valence-electron chi connectivity index (χ3n) is 3.26. The molecule has 2 N–H and O–H groups in total. The van der Waals surface area contributed by atoms with Gasteiger partial charge in [-0.2, -0.15) is 0 Å². The first-order chi connectivity index (χ1) is 8.85. The zero-order chi connectivity index (χ0) is 14.2. The maximum Gasteiger partial charge on any atom is 0.345 e. The van der Waals surface area contributed by atoms with Gasteiger partial charge in [0, 0.05) is 10.9 Å². The van der Waals surface area contributed by atoms with Gasteiger partial charge >= 0.3 is 5.97 Å². The Morgan fingerprint density at radius 3 is 2.79 bits per heavy atom. The van der Waals surface area contributed by atoms with Gasteiger partial charge in [0.25, 0.3) is 0 Å². The van der Waals surface area contributed by atoms with Crippen LogP contribution in [0.25, 0.3) is 0 Å². The predicted molar refractivity (Wildman–Crippen MR) is 73.1 cm³/mol. The van der Waals surface area contributed by atoms with Crippen molar-refractivity contribution >= 4 is 27.3 Å². The van der Waals surface area contributed by atoms with Gasteiger partial charge in [0.05, 0.1) is 4.90 Å². The highest BCUT2D eigenvalue weighted by molar-refractivity contribution is 7.89. The van der Waals surface area contributed by atoms with E-state index in [9.17, 15) is 13.2 Å². The second-order valence-electron chi connectivity index (χ2n) is 4.85. The minimum Gasteiger partial charge on any atom is -0.477 e. The molecule has 106 valence electrons. The van der Waals surface area contributed by atoms with Gasteiger partial charge in [0.15, 0.2) is 0 Å². The number of rotatable bonds is 6. The lowest BCUT2D eigenvalue weighted by atomic mass is 10.2. The third kappa shape index (κ3) is 3.16. The highest BCUT2D eigenvalue weighted by Gasteiger charge is 2.39. The van der Waals surface area contributed by atoms with Crippen molar-refractivity contribution in [3.63, 3.8) is 0 Å². The van der Waals surface area contributed by atoms with E-state index in [4.69, 9.17) is 5.11 Å².